The minimum atomic E-state index is -0.606. The molecule has 0 saturated carbocycles. The zero-order chi connectivity index (χ0) is 27.9. The van der Waals surface area contributed by atoms with Gasteiger partial charge in [-0.3, -0.25) is 9.59 Å². The van der Waals surface area contributed by atoms with E-state index in [0.29, 0.717) is 29.4 Å². The first-order valence-electron chi connectivity index (χ1n) is 12.5. The maximum Gasteiger partial charge on any atom is 0.407 e. The lowest BCUT2D eigenvalue weighted by molar-refractivity contribution is -0.121. The molecule has 0 heterocycles. The quantitative estimate of drug-likeness (QED) is 0.221. The first-order valence-corrected chi connectivity index (χ1v) is 12.5. The normalized spacial score (nSPS) is 11.3. The molecule has 3 aromatic rings. The van der Waals surface area contributed by atoms with Crippen LogP contribution < -0.4 is 25.5 Å². The lowest BCUT2D eigenvalue weighted by Gasteiger charge is -2.18. The zero-order valence-electron chi connectivity index (χ0n) is 21.9. The predicted molar refractivity (Wildman–Crippen MR) is 148 cm³/mol. The van der Waals surface area contributed by atoms with Gasteiger partial charge in [0.05, 0.1) is 31.9 Å². The molecule has 0 saturated heterocycles. The average molecular weight is 533 g/mol. The van der Waals surface area contributed by atoms with Gasteiger partial charge in [-0.1, -0.05) is 48.5 Å². The number of anilines is 1. The SMILES string of the molecule is CCOC(=O)N[C@@H](CC(=O)N/N=C\c1ccc(OCC(=O)Nc2ccccc2)c(OCC)c1)c1ccccc1. The van der Waals surface area contributed by atoms with Gasteiger partial charge in [0.15, 0.2) is 18.1 Å². The number of rotatable bonds is 13. The highest BCUT2D eigenvalue weighted by molar-refractivity contribution is 5.92. The van der Waals surface area contributed by atoms with Crippen LogP contribution in [0.1, 0.15) is 37.4 Å². The standard InChI is InChI=1S/C29H32N4O6/c1-3-37-26-17-21(15-16-25(26)39-20-28(35)31-23-13-9-6-10-14-23)19-30-33-27(34)18-24(32-29(36)38-4-2)22-11-7-5-8-12-22/h5-17,19,24H,3-4,18,20H2,1-2H3,(H,31,35)(H,32,36)(H,33,34)/b30-19-/t24-/m0/s1. The maximum atomic E-state index is 12.6. The Labute approximate surface area is 227 Å². The molecule has 3 aromatic carbocycles. The lowest BCUT2D eigenvalue weighted by Crippen LogP contribution is -2.33. The van der Waals surface area contributed by atoms with Crippen molar-refractivity contribution in [3.63, 3.8) is 0 Å². The fraction of sp³-hybridized carbons (Fsp3) is 0.241. The second-order valence-corrected chi connectivity index (χ2v) is 8.17. The number of nitrogens with zero attached hydrogens (tertiary/aromatic N) is 1. The van der Waals surface area contributed by atoms with E-state index in [4.69, 9.17) is 14.2 Å². The van der Waals surface area contributed by atoms with Crippen LogP contribution in [0.5, 0.6) is 11.5 Å². The molecule has 0 unspecified atom stereocenters. The van der Waals surface area contributed by atoms with Gasteiger partial charge in [-0.25, -0.2) is 10.2 Å². The smallest absolute Gasteiger partial charge is 0.407 e. The number of amides is 3. The molecule has 0 fully saturated rings. The van der Waals surface area contributed by atoms with Crippen molar-refractivity contribution in [2.24, 2.45) is 5.10 Å². The van der Waals surface area contributed by atoms with E-state index in [-0.39, 0.29) is 25.5 Å². The largest absolute Gasteiger partial charge is 0.490 e. The average Bonchev–Trinajstić information content (AvgIpc) is 2.93. The molecule has 3 rings (SSSR count). The summed E-state index contributed by atoms with van der Waals surface area (Å²) in [5.41, 5.74) is 4.56. The molecule has 0 aliphatic carbocycles. The number of nitrogens with one attached hydrogen (secondary N) is 3. The summed E-state index contributed by atoms with van der Waals surface area (Å²) in [4.78, 5) is 36.7. The van der Waals surface area contributed by atoms with Crippen LogP contribution in [0.15, 0.2) is 84.0 Å². The van der Waals surface area contributed by atoms with Crippen LogP contribution in [0.2, 0.25) is 0 Å². The monoisotopic (exact) mass is 532 g/mol. The molecule has 1 atom stereocenters. The van der Waals surface area contributed by atoms with Gasteiger partial charge in [-0.05, 0) is 55.3 Å². The number of hydrogen-bond acceptors (Lipinski definition) is 7. The Balaban J connectivity index is 1.58. The fourth-order valence-corrected chi connectivity index (χ4v) is 3.52. The number of para-hydroxylation sites is 1. The third kappa shape index (κ3) is 9.84. The molecular formula is C29H32N4O6. The van der Waals surface area contributed by atoms with E-state index < -0.39 is 18.0 Å². The van der Waals surface area contributed by atoms with Crippen molar-refractivity contribution in [1.29, 1.82) is 0 Å². The Hall–Kier alpha value is -4.86. The van der Waals surface area contributed by atoms with E-state index in [1.807, 2.05) is 55.5 Å². The highest BCUT2D eigenvalue weighted by atomic mass is 16.5. The van der Waals surface area contributed by atoms with Gasteiger partial charge in [0.2, 0.25) is 5.91 Å². The van der Waals surface area contributed by atoms with Gasteiger partial charge in [0.25, 0.3) is 5.91 Å². The number of carbonyl (C=O) groups is 3. The number of ether oxygens (including phenoxy) is 3. The van der Waals surface area contributed by atoms with Crippen molar-refractivity contribution in [2.75, 3.05) is 25.1 Å². The Morgan fingerprint density at radius 2 is 1.56 bits per heavy atom. The van der Waals surface area contributed by atoms with E-state index in [0.717, 1.165) is 5.56 Å². The van der Waals surface area contributed by atoms with Crippen LogP contribution in [-0.4, -0.2) is 43.9 Å². The van der Waals surface area contributed by atoms with Crippen molar-refractivity contribution in [3.05, 3.63) is 90.0 Å². The molecule has 3 amide bonds. The molecule has 10 heteroatoms. The molecule has 0 aliphatic rings. The number of hydrogen-bond donors (Lipinski definition) is 3. The topological polar surface area (TPSA) is 127 Å². The van der Waals surface area contributed by atoms with Crippen LogP contribution in [0, 0.1) is 0 Å². The second-order valence-electron chi connectivity index (χ2n) is 8.17. The van der Waals surface area contributed by atoms with Gasteiger partial charge in [0.1, 0.15) is 0 Å². The van der Waals surface area contributed by atoms with Gasteiger partial charge in [-0.15, -0.1) is 0 Å². The molecule has 0 aromatic heterocycles. The van der Waals surface area contributed by atoms with Crippen molar-refractivity contribution < 1.29 is 28.6 Å². The van der Waals surface area contributed by atoms with Crippen molar-refractivity contribution in [1.82, 2.24) is 10.7 Å². The third-order valence-electron chi connectivity index (χ3n) is 5.25. The number of benzene rings is 3. The molecular weight excluding hydrogens is 500 g/mol. The number of carbonyl (C=O) groups excluding carboxylic acids is 3. The van der Waals surface area contributed by atoms with Crippen molar-refractivity contribution >= 4 is 29.8 Å². The highest BCUT2D eigenvalue weighted by Crippen LogP contribution is 2.28. The van der Waals surface area contributed by atoms with E-state index in [9.17, 15) is 14.4 Å². The maximum absolute atomic E-state index is 12.6. The predicted octanol–water partition coefficient (Wildman–Crippen LogP) is 4.43. The minimum Gasteiger partial charge on any atom is -0.490 e. The van der Waals surface area contributed by atoms with Crippen molar-refractivity contribution in [3.8, 4) is 11.5 Å². The summed E-state index contributed by atoms with van der Waals surface area (Å²) >= 11 is 0. The fourth-order valence-electron chi connectivity index (χ4n) is 3.52. The van der Waals surface area contributed by atoms with E-state index in [1.54, 1.807) is 37.3 Å². The van der Waals surface area contributed by atoms with Gasteiger partial charge < -0.3 is 24.8 Å². The first kappa shape index (κ1) is 28.7. The van der Waals surface area contributed by atoms with Crippen LogP contribution >= 0.6 is 0 Å². The summed E-state index contributed by atoms with van der Waals surface area (Å²) in [5.74, 6) is 0.134. The minimum absolute atomic E-state index is 0.0395. The summed E-state index contributed by atoms with van der Waals surface area (Å²) in [6.07, 6.45) is 0.816. The Kier molecular flexibility index (Phi) is 11.3. The summed E-state index contributed by atoms with van der Waals surface area (Å²) in [6.45, 7) is 3.95. The summed E-state index contributed by atoms with van der Waals surface area (Å²) in [6, 6.07) is 22.7. The van der Waals surface area contributed by atoms with E-state index in [1.165, 1.54) is 6.21 Å². The van der Waals surface area contributed by atoms with E-state index in [2.05, 4.69) is 21.2 Å². The number of alkyl carbamates (subject to hydrolysis) is 1. The second kappa shape index (κ2) is 15.4. The van der Waals surface area contributed by atoms with Gasteiger partial charge in [0, 0.05) is 5.69 Å². The van der Waals surface area contributed by atoms with Crippen molar-refractivity contribution in [2.45, 2.75) is 26.3 Å². The first-order chi connectivity index (χ1) is 19.0. The van der Waals surface area contributed by atoms with E-state index >= 15 is 0 Å². The molecule has 204 valence electrons. The Morgan fingerprint density at radius 1 is 0.846 bits per heavy atom. The van der Waals surface area contributed by atoms with Gasteiger partial charge >= 0.3 is 6.09 Å². The van der Waals surface area contributed by atoms with Crippen LogP contribution in [0.3, 0.4) is 0 Å². The molecule has 39 heavy (non-hydrogen) atoms. The molecule has 0 radical (unpaired) electrons. The summed E-state index contributed by atoms with van der Waals surface area (Å²) in [7, 11) is 0. The van der Waals surface area contributed by atoms with Crippen LogP contribution in [0.4, 0.5) is 10.5 Å². The zero-order valence-corrected chi connectivity index (χ0v) is 21.9. The molecule has 0 spiro atoms. The molecule has 3 N–H and O–H groups in total. The number of hydrazone groups is 1. The summed E-state index contributed by atoms with van der Waals surface area (Å²) < 4.78 is 16.3. The highest BCUT2D eigenvalue weighted by Gasteiger charge is 2.19. The molecule has 0 aliphatic heterocycles. The molecule has 0 bridgehead atoms. The van der Waals surface area contributed by atoms with Crippen LogP contribution in [-0.2, 0) is 14.3 Å². The Morgan fingerprint density at radius 3 is 2.26 bits per heavy atom. The van der Waals surface area contributed by atoms with Gasteiger partial charge in [-0.2, -0.15) is 5.10 Å². The molecule has 10 nitrogen and oxygen atoms in total. The third-order valence-corrected chi connectivity index (χ3v) is 5.25. The summed E-state index contributed by atoms with van der Waals surface area (Å²) in [5, 5.41) is 9.49. The van der Waals surface area contributed by atoms with Crippen LogP contribution in [0.25, 0.3) is 0 Å². The lowest BCUT2D eigenvalue weighted by atomic mass is 10.0. The Bertz CT molecular complexity index is 1250.